The number of nitrogens with zero attached hydrogens (tertiary/aromatic N) is 1. The van der Waals surface area contributed by atoms with Gasteiger partial charge in [0.15, 0.2) is 0 Å². The maximum atomic E-state index is 13.8. The molecule has 1 amide bonds. The van der Waals surface area contributed by atoms with Crippen LogP contribution in [0, 0.1) is 11.6 Å². The number of aromatic nitrogens is 1. The van der Waals surface area contributed by atoms with Crippen molar-refractivity contribution in [2.24, 2.45) is 0 Å². The highest BCUT2D eigenvalue weighted by Crippen LogP contribution is 2.24. The van der Waals surface area contributed by atoms with Crippen molar-refractivity contribution in [3.05, 3.63) is 63.1 Å². The monoisotopic (exact) mass is 362 g/mol. The highest BCUT2D eigenvalue weighted by Gasteiger charge is 2.23. The lowest BCUT2D eigenvalue weighted by Crippen LogP contribution is -2.30. The molecular weight excluding hydrogens is 342 g/mol. The second kappa shape index (κ2) is 7.68. The molecule has 0 saturated carbocycles. The number of nitrogens with one attached hydrogen (secondary N) is 1. The van der Waals surface area contributed by atoms with E-state index in [4.69, 9.17) is 4.74 Å². The lowest BCUT2D eigenvalue weighted by molar-refractivity contribution is 0.0945. The molecule has 1 aliphatic rings. The zero-order chi connectivity index (χ0) is 18.7. The first-order chi connectivity index (χ1) is 12.5. The van der Waals surface area contributed by atoms with Crippen molar-refractivity contribution in [3.8, 4) is 5.75 Å². The van der Waals surface area contributed by atoms with Crippen molar-refractivity contribution in [2.75, 3.05) is 7.11 Å². The van der Waals surface area contributed by atoms with E-state index in [1.807, 2.05) is 0 Å². The summed E-state index contributed by atoms with van der Waals surface area (Å²) in [5.74, 6) is -1.64. The smallest absolute Gasteiger partial charge is 0.257 e. The Bertz CT molecular complexity index is 893. The van der Waals surface area contributed by atoms with Gasteiger partial charge >= 0.3 is 0 Å². The highest BCUT2D eigenvalue weighted by atomic mass is 19.1. The summed E-state index contributed by atoms with van der Waals surface area (Å²) >= 11 is 0. The molecule has 2 heterocycles. The van der Waals surface area contributed by atoms with E-state index >= 15 is 0 Å². The van der Waals surface area contributed by atoms with Gasteiger partial charge in [-0.3, -0.25) is 9.59 Å². The van der Waals surface area contributed by atoms with E-state index in [0.29, 0.717) is 24.2 Å². The van der Waals surface area contributed by atoms with Crippen LogP contribution in [-0.2, 0) is 19.5 Å². The van der Waals surface area contributed by atoms with Crippen LogP contribution < -0.4 is 15.6 Å². The fraction of sp³-hybridized carbons (Fsp3) is 0.368. The quantitative estimate of drug-likeness (QED) is 0.910. The predicted octanol–water partition coefficient (Wildman–Crippen LogP) is 2.79. The molecule has 0 fully saturated rings. The van der Waals surface area contributed by atoms with E-state index in [9.17, 15) is 18.4 Å². The first-order valence-electron chi connectivity index (χ1n) is 8.54. The van der Waals surface area contributed by atoms with Gasteiger partial charge in [-0.25, -0.2) is 8.78 Å². The molecule has 5 nitrogen and oxygen atoms in total. The van der Waals surface area contributed by atoms with Crippen molar-refractivity contribution in [2.45, 2.75) is 38.8 Å². The predicted molar refractivity (Wildman–Crippen MR) is 92.3 cm³/mol. The number of halogens is 2. The van der Waals surface area contributed by atoms with Gasteiger partial charge in [0.2, 0.25) is 0 Å². The number of carbonyl (C=O) groups excluding carboxylic acids is 1. The van der Waals surface area contributed by atoms with Gasteiger partial charge in [0, 0.05) is 36.5 Å². The minimum Gasteiger partial charge on any atom is -0.496 e. The number of hydrogen-bond acceptors (Lipinski definition) is 3. The largest absolute Gasteiger partial charge is 0.496 e. The second-order valence-electron chi connectivity index (χ2n) is 6.25. The molecule has 0 radical (unpaired) electrons. The first kappa shape index (κ1) is 18.1. The van der Waals surface area contributed by atoms with E-state index in [-0.39, 0.29) is 23.4 Å². The topological polar surface area (TPSA) is 60.3 Å². The van der Waals surface area contributed by atoms with Gasteiger partial charge in [-0.1, -0.05) is 12.5 Å². The van der Waals surface area contributed by atoms with Crippen molar-refractivity contribution in [3.63, 3.8) is 0 Å². The molecule has 0 unspecified atom stereocenters. The molecule has 138 valence electrons. The third kappa shape index (κ3) is 3.61. The molecule has 0 saturated heterocycles. The lowest BCUT2D eigenvalue weighted by Gasteiger charge is -2.17. The summed E-state index contributed by atoms with van der Waals surface area (Å²) in [6.45, 7) is 0.470. The average Bonchev–Trinajstić information content (AvgIpc) is 2.87. The van der Waals surface area contributed by atoms with Crippen LogP contribution in [0.2, 0.25) is 0 Å². The number of fused-ring (bicyclic) bond motifs is 1. The summed E-state index contributed by atoms with van der Waals surface area (Å²) in [5.41, 5.74) is 0.929. The normalized spacial score (nSPS) is 13.7. The molecule has 0 atom stereocenters. The summed E-state index contributed by atoms with van der Waals surface area (Å²) in [5, 5.41) is 2.64. The Balaban J connectivity index is 1.92. The molecule has 1 aromatic carbocycles. The summed E-state index contributed by atoms with van der Waals surface area (Å²) in [6, 6.07) is 4.51. The standard InChI is InChI=1S/C19H20F2N2O3/c1-26-16-10-17(24)23-8-4-2-3-5-15(23)18(16)19(25)22-11-12-6-7-13(20)9-14(12)21/h6-7,9-10H,2-5,8,11H2,1H3,(H,22,25). The number of ether oxygens (including phenoxy) is 1. The highest BCUT2D eigenvalue weighted by molar-refractivity contribution is 5.98. The SMILES string of the molecule is COc1cc(=O)n2c(c1C(=O)NCc1ccc(F)cc1F)CCCCC2. The zero-order valence-electron chi connectivity index (χ0n) is 14.5. The van der Waals surface area contributed by atoms with Gasteiger partial charge in [-0.05, 0) is 25.3 Å². The maximum absolute atomic E-state index is 13.8. The van der Waals surface area contributed by atoms with Crippen LogP contribution in [0.1, 0.15) is 40.9 Å². The van der Waals surface area contributed by atoms with Crippen LogP contribution in [-0.4, -0.2) is 17.6 Å². The summed E-state index contributed by atoms with van der Waals surface area (Å²) in [6.07, 6.45) is 3.33. The number of methoxy groups -OCH3 is 1. The fourth-order valence-corrected chi connectivity index (χ4v) is 3.25. The second-order valence-corrected chi connectivity index (χ2v) is 6.25. The molecule has 1 aromatic heterocycles. The van der Waals surface area contributed by atoms with E-state index in [2.05, 4.69) is 5.32 Å². The van der Waals surface area contributed by atoms with Crippen LogP contribution >= 0.6 is 0 Å². The van der Waals surface area contributed by atoms with Gasteiger partial charge in [0.25, 0.3) is 11.5 Å². The Labute approximate surface area is 149 Å². The summed E-state index contributed by atoms with van der Waals surface area (Å²) in [4.78, 5) is 25.1. The fourth-order valence-electron chi connectivity index (χ4n) is 3.25. The molecular formula is C19H20F2N2O3. The van der Waals surface area contributed by atoms with Crippen molar-refractivity contribution in [1.29, 1.82) is 0 Å². The third-order valence-corrected chi connectivity index (χ3v) is 4.58. The van der Waals surface area contributed by atoms with Crippen molar-refractivity contribution in [1.82, 2.24) is 9.88 Å². The molecule has 26 heavy (non-hydrogen) atoms. The Morgan fingerprint density at radius 2 is 2.04 bits per heavy atom. The first-order valence-corrected chi connectivity index (χ1v) is 8.54. The van der Waals surface area contributed by atoms with Crippen LogP contribution in [0.15, 0.2) is 29.1 Å². The van der Waals surface area contributed by atoms with Gasteiger partial charge in [-0.2, -0.15) is 0 Å². The lowest BCUT2D eigenvalue weighted by atomic mass is 10.1. The molecule has 0 bridgehead atoms. The molecule has 1 aliphatic heterocycles. The number of amides is 1. The molecule has 1 N–H and O–H groups in total. The molecule has 2 aromatic rings. The van der Waals surface area contributed by atoms with E-state index in [0.717, 1.165) is 31.4 Å². The van der Waals surface area contributed by atoms with Crippen molar-refractivity contribution < 1.29 is 18.3 Å². The van der Waals surface area contributed by atoms with Gasteiger partial charge in [-0.15, -0.1) is 0 Å². The van der Waals surface area contributed by atoms with Gasteiger partial charge < -0.3 is 14.6 Å². The number of carbonyl (C=O) groups is 1. The Morgan fingerprint density at radius 1 is 1.23 bits per heavy atom. The van der Waals surface area contributed by atoms with E-state index < -0.39 is 17.5 Å². The average molecular weight is 362 g/mol. The zero-order valence-corrected chi connectivity index (χ0v) is 14.5. The minimum atomic E-state index is -0.722. The van der Waals surface area contributed by atoms with E-state index in [1.165, 1.54) is 19.2 Å². The van der Waals surface area contributed by atoms with Crippen LogP contribution in [0.4, 0.5) is 8.78 Å². The third-order valence-electron chi connectivity index (χ3n) is 4.58. The minimum absolute atomic E-state index is 0.0906. The Hall–Kier alpha value is -2.70. The van der Waals surface area contributed by atoms with Crippen LogP contribution in [0.3, 0.4) is 0 Å². The molecule has 0 aliphatic carbocycles. The summed E-state index contributed by atoms with van der Waals surface area (Å²) < 4.78 is 33.6. The van der Waals surface area contributed by atoms with Gasteiger partial charge in [0.05, 0.1) is 7.11 Å². The van der Waals surface area contributed by atoms with Crippen molar-refractivity contribution >= 4 is 5.91 Å². The Kier molecular flexibility index (Phi) is 5.35. The number of benzene rings is 1. The number of hydrogen-bond donors (Lipinski definition) is 1. The number of rotatable bonds is 4. The van der Waals surface area contributed by atoms with Gasteiger partial charge in [0.1, 0.15) is 22.9 Å². The Morgan fingerprint density at radius 3 is 2.77 bits per heavy atom. The summed E-state index contributed by atoms with van der Waals surface area (Å²) in [7, 11) is 1.40. The van der Waals surface area contributed by atoms with Crippen LogP contribution in [0.5, 0.6) is 5.75 Å². The molecule has 7 heteroatoms. The number of pyridine rings is 1. The molecule has 3 rings (SSSR count). The maximum Gasteiger partial charge on any atom is 0.257 e. The molecule has 0 spiro atoms. The van der Waals surface area contributed by atoms with E-state index in [1.54, 1.807) is 4.57 Å². The van der Waals surface area contributed by atoms with Crippen LogP contribution in [0.25, 0.3) is 0 Å².